The first-order valence-electron chi connectivity index (χ1n) is 4.94. The van der Waals surface area contributed by atoms with Gasteiger partial charge in [0.05, 0.1) is 5.56 Å². The molecule has 1 unspecified atom stereocenters. The Kier molecular flexibility index (Phi) is 3.98. The first kappa shape index (κ1) is 13.8. The van der Waals surface area contributed by atoms with Crippen molar-refractivity contribution in [2.24, 2.45) is 5.73 Å². The molecule has 0 bridgehead atoms. The highest BCUT2D eigenvalue weighted by Gasteiger charge is 2.34. The van der Waals surface area contributed by atoms with Crippen LogP contribution in [0.15, 0.2) is 24.3 Å². The minimum Gasteiger partial charge on any atom is -0.490 e. The first-order chi connectivity index (χ1) is 7.76. The third-order valence-corrected chi connectivity index (χ3v) is 2.15. The van der Waals surface area contributed by atoms with Gasteiger partial charge >= 0.3 is 6.18 Å². The van der Waals surface area contributed by atoms with Crippen LogP contribution in [-0.4, -0.2) is 18.8 Å². The lowest BCUT2D eigenvalue weighted by atomic mass is 10.1. The molecule has 0 amide bonds. The molecular weight excluding hydrogens is 238 g/mol. The quantitative estimate of drug-likeness (QED) is 0.835. The fraction of sp³-hybridized carbons (Fsp3) is 0.455. The summed E-state index contributed by atoms with van der Waals surface area (Å²) in [7, 11) is 0. The first-order valence-corrected chi connectivity index (χ1v) is 4.94. The van der Waals surface area contributed by atoms with Crippen LogP contribution in [0.25, 0.3) is 0 Å². The standard InChI is InChI=1S/C11H13F4NO/c1-10(12,6-16)7-17-9-5-3-2-4-8(9)11(13,14)15/h2-5H,6-7,16H2,1H3. The lowest BCUT2D eigenvalue weighted by Crippen LogP contribution is -2.36. The fourth-order valence-electron chi connectivity index (χ4n) is 1.11. The van der Waals surface area contributed by atoms with Gasteiger partial charge in [-0.3, -0.25) is 0 Å². The van der Waals surface area contributed by atoms with E-state index in [4.69, 9.17) is 10.5 Å². The van der Waals surface area contributed by atoms with Gasteiger partial charge in [-0.25, -0.2) is 4.39 Å². The molecule has 17 heavy (non-hydrogen) atoms. The van der Waals surface area contributed by atoms with Crippen molar-refractivity contribution in [1.82, 2.24) is 0 Å². The van der Waals surface area contributed by atoms with Crippen LogP contribution in [0.5, 0.6) is 5.75 Å². The van der Waals surface area contributed by atoms with Crippen molar-refractivity contribution in [1.29, 1.82) is 0 Å². The van der Waals surface area contributed by atoms with E-state index in [9.17, 15) is 17.6 Å². The van der Waals surface area contributed by atoms with E-state index in [1.165, 1.54) is 19.1 Å². The molecule has 1 aromatic rings. The Morgan fingerprint density at radius 2 is 1.76 bits per heavy atom. The number of rotatable bonds is 4. The van der Waals surface area contributed by atoms with E-state index in [2.05, 4.69) is 0 Å². The highest BCUT2D eigenvalue weighted by atomic mass is 19.4. The molecule has 96 valence electrons. The highest BCUT2D eigenvalue weighted by molar-refractivity contribution is 5.35. The molecule has 1 rings (SSSR count). The number of halogens is 4. The average Bonchev–Trinajstić information content (AvgIpc) is 2.26. The Bertz CT molecular complexity index is 376. The molecule has 0 aliphatic rings. The summed E-state index contributed by atoms with van der Waals surface area (Å²) in [5.74, 6) is -0.391. The van der Waals surface area contributed by atoms with E-state index in [-0.39, 0.29) is 6.54 Å². The maximum absolute atomic E-state index is 13.4. The SMILES string of the molecule is CC(F)(CN)COc1ccccc1C(F)(F)F. The van der Waals surface area contributed by atoms with Crippen LogP contribution in [0, 0.1) is 0 Å². The van der Waals surface area contributed by atoms with Crippen molar-refractivity contribution in [2.45, 2.75) is 18.8 Å². The molecule has 0 spiro atoms. The molecule has 2 N–H and O–H groups in total. The molecule has 0 aliphatic heterocycles. The normalized spacial score (nSPS) is 15.4. The number of alkyl halides is 4. The van der Waals surface area contributed by atoms with Crippen molar-refractivity contribution >= 4 is 0 Å². The number of benzene rings is 1. The van der Waals surface area contributed by atoms with E-state index in [0.29, 0.717) is 0 Å². The van der Waals surface area contributed by atoms with Crippen LogP contribution in [0.3, 0.4) is 0 Å². The number of ether oxygens (including phenoxy) is 1. The zero-order chi connectivity index (χ0) is 13.1. The van der Waals surface area contributed by atoms with Crippen molar-refractivity contribution in [2.75, 3.05) is 13.2 Å². The van der Waals surface area contributed by atoms with Gasteiger partial charge < -0.3 is 10.5 Å². The largest absolute Gasteiger partial charge is 0.490 e. The Morgan fingerprint density at radius 1 is 1.18 bits per heavy atom. The Hall–Kier alpha value is -1.30. The van der Waals surface area contributed by atoms with Gasteiger partial charge in [-0.15, -0.1) is 0 Å². The summed E-state index contributed by atoms with van der Waals surface area (Å²) in [5, 5.41) is 0. The molecule has 0 aliphatic carbocycles. The molecule has 2 nitrogen and oxygen atoms in total. The fourth-order valence-corrected chi connectivity index (χ4v) is 1.11. The van der Waals surface area contributed by atoms with Crippen molar-refractivity contribution in [3.63, 3.8) is 0 Å². The predicted octanol–water partition coefficient (Wildman–Crippen LogP) is 2.77. The average molecular weight is 251 g/mol. The van der Waals surface area contributed by atoms with Gasteiger partial charge in [0.15, 0.2) is 5.67 Å². The third-order valence-electron chi connectivity index (χ3n) is 2.15. The zero-order valence-corrected chi connectivity index (χ0v) is 9.22. The van der Waals surface area contributed by atoms with Crippen LogP contribution >= 0.6 is 0 Å². The van der Waals surface area contributed by atoms with Gasteiger partial charge in [0.1, 0.15) is 12.4 Å². The van der Waals surface area contributed by atoms with Crippen LogP contribution < -0.4 is 10.5 Å². The number of hydrogen-bond acceptors (Lipinski definition) is 2. The van der Waals surface area contributed by atoms with Crippen molar-refractivity contribution < 1.29 is 22.3 Å². The summed E-state index contributed by atoms with van der Waals surface area (Å²) in [6.07, 6.45) is -4.52. The van der Waals surface area contributed by atoms with Gasteiger partial charge in [0.2, 0.25) is 0 Å². The predicted molar refractivity (Wildman–Crippen MR) is 55.5 cm³/mol. The third kappa shape index (κ3) is 3.89. The molecule has 0 heterocycles. The minimum atomic E-state index is -4.52. The molecule has 0 fully saturated rings. The Morgan fingerprint density at radius 3 is 2.29 bits per heavy atom. The number of hydrogen-bond donors (Lipinski definition) is 1. The monoisotopic (exact) mass is 251 g/mol. The van der Waals surface area contributed by atoms with Gasteiger partial charge in [0.25, 0.3) is 0 Å². The summed E-state index contributed by atoms with van der Waals surface area (Å²) in [5.41, 5.74) is 2.35. The summed E-state index contributed by atoms with van der Waals surface area (Å²) in [4.78, 5) is 0. The summed E-state index contributed by atoms with van der Waals surface area (Å²) < 4.78 is 55.9. The second-order valence-corrected chi connectivity index (χ2v) is 3.90. The van der Waals surface area contributed by atoms with E-state index in [0.717, 1.165) is 12.1 Å². The van der Waals surface area contributed by atoms with Gasteiger partial charge in [-0.2, -0.15) is 13.2 Å². The smallest absolute Gasteiger partial charge is 0.419 e. The van der Waals surface area contributed by atoms with Crippen LogP contribution in [0.1, 0.15) is 12.5 Å². The summed E-state index contributed by atoms with van der Waals surface area (Å²) >= 11 is 0. The zero-order valence-electron chi connectivity index (χ0n) is 9.22. The number of nitrogens with two attached hydrogens (primary N) is 1. The summed E-state index contributed by atoms with van der Waals surface area (Å²) in [6, 6.07) is 4.67. The molecule has 1 atom stereocenters. The number of para-hydroxylation sites is 1. The summed E-state index contributed by atoms with van der Waals surface area (Å²) in [6.45, 7) is 0.334. The molecule has 0 radical (unpaired) electrons. The van der Waals surface area contributed by atoms with Crippen LogP contribution in [0.4, 0.5) is 17.6 Å². The Labute approximate surface area is 96.4 Å². The topological polar surface area (TPSA) is 35.2 Å². The molecule has 1 aromatic carbocycles. The van der Waals surface area contributed by atoms with E-state index in [1.807, 2.05) is 0 Å². The minimum absolute atomic E-state index is 0.318. The highest BCUT2D eigenvalue weighted by Crippen LogP contribution is 2.36. The van der Waals surface area contributed by atoms with Crippen molar-refractivity contribution in [3.8, 4) is 5.75 Å². The molecule has 0 saturated carbocycles. The van der Waals surface area contributed by atoms with Gasteiger partial charge in [-0.1, -0.05) is 12.1 Å². The molecular formula is C11H13F4NO. The lowest BCUT2D eigenvalue weighted by molar-refractivity contribution is -0.139. The maximum atomic E-state index is 13.4. The molecule has 0 saturated heterocycles. The Balaban J connectivity index is 2.85. The second kappa shape index (κ2) is 4.91. The van der Waals surface area contributed by atoms with E-state index in [1.54, 1.807) is 0 Å². The maximum Gasteiger partial charge on any atom is 0.419 e. The van der Waals surface area contributed by atoms with E-state index >= 15 is 0 Å². The van der Waals surface area contributed by atoms with Gasteiger partial charge in [-0.05, 0) is 19.1 Å². The lowest BCUT2D eigenvalue weighted by Gasteiger charge is -2.20. The second-order valence-electron chi connectivity index (χ2n) is 3.90. The van der Waals surface area contributed by atoms with Crippen LogP contribution in [-0.2, 0) is 6.18 Å². The molecule has 0 aromatic heterocycles. The van der Waals surface area contributed by atoms with Crippen LogP contribution in [0.2, 0.25) is 0 Å². The van der Waals surface area contributed by atoms with Crippen molar-refractivity contribution in [3.05, 3.63) is 29.8 Å². The molecule has 6 heteroatoms. The van der Waals surface area contributed by atoms with Gasteiger partial charge in [0, 0.05) is 6.54 Å². The van der Waals surface area contributed by atoms with E-state index < -0.39 is 29.8 Å².